The normalized spacial score (nSPS) is 27.3. The topological polar surface area (TPSA) is 130 Å². The molecule has 10 heteroatoms. The summed E-state index contributed by atoms with van der Waals surface area (Å²) in [6, 6.07) is 0. The fraction of sp³-hybridized carbons (Fsp3) is 0.700. The molecule has 0 bridgehead atoms. The maximum absolute atomic E-state index is 11.8. The van der Waals surface area contributed by atoms with Crippen molar-refractivity contribution in [3.8, 4) is 0 Å². The standard InChI is InChI=1S/2C10H13NO4/c2*1-6-4-5-10(11-6)7(12)14-9(2,3)15-8(10)13/h2*4-5H2,1-3H3. The number of rotatable bonds is 0. The van der Waals surface area contributed by atoms with Gasteiger partial charge in [0, 0.05) is 39.1 Å². The number of carbonyl (C=O) groups is 4. The van der Waals surface area contributed by atoms with Gasteiger partial charge < -0.3 is 18.9 Å². The van der Waals surface area contributed by atoms with Crippen LogP contribution in [0.1, 0.15) is 67.2 Å². The molecule has 2 spiro atoms. The van der Waals surface area contributed by atoms with Gasteiger partial charge in [0.25, 0.3) is 22.7 Å². The largest absolute Gasteiger partial charge is 0.421 e. The third-order valence-electron chi connectivity index (χ3n) is 5.17. The lowest BCUT2D eigenvalue weighted by Gasteiger charge is -2.36. The molecule has 4 heterocycles. The fourth-order valence-corrected chi connectivity index (χ4v) is 3.63. The molecule has 30 heavy (non-hydrogen) atoms. The van der Waals surface area contributed by atoms with Crippen molar-refractivity contribution in [2.75, 3.05) is 0 Å². The van der Waals surface area contributed by atoms with Crippen molar-refractivity contribution in [2.45, 2.75) is 89.9 Å². The van der Waals surface area contributed by atoms with Crippen LogP contribution in [0.2, 0.25) is 0 Å². The van der Waals surface area contributed by atoms with Crippen LogP contribution in [0.15, 0.2) is 9.98 Å². The summed E-state index contributed by atoms with van der Waals surface area (Å²) < 4.78 is 20.2. The van der Waals surface area contributed by atoms with Crippen LogP contribution in [0.25, 0.3) is 0 Å². The van der Waals surface area contributed by atoms with Crippen LogP contribution in [0.4, 0.5) is 0 Å². The number of hydrogen-bond acceptors (Lipinski definition) is 10. The van der Waals surface area contributed by atoms with Crippen LogP contribution in [0.3, 0.4) is 0 Å². The Labute approximate surface area is 174 Å². The first-order valence-electron chi connectivity index (χ1n) is 9.76. The lowest BCUT2D eigenvalue weighted by Crippen LogP contribution is -2.56. The summed E-state index contributed by atoms with van der Waals surface area (Å²) in [4.78, 5) is 55.2. The van der Waals surface area contributed by atoms with Crippen molar-refractivity contribution in [2.24, 2.45) is 9.98 Å². The first-order valence-corrected chi connectivity index (χ1v) is 9.76. The third-order valence-corrected chi connectivity index (χ3v) is 5.17. The summed E-state index contributed by atoms with van der Waals surface area (Å²) in [6.07, 6.45) is 1.97. The summed E-state index contributed by atoms with van der Waals surface area (Å²) in [7, 11) is 0. The van der Waals surface area contributed by atoms with Gasteiger partial charge in [0.1, 0.15) is 0 Å². The number of hydrogen-bond donors (Lipinski definition) is 0. The highest BCUT2D eigenvalue weighted by atomic mass is 16.8. The fourth-order valence-electron chi connectivity index (χ4n) is 3.63. The van der Waals surface area contributed by atoms with Gasteiger partial charge in [0.2, 0.25) is 0 Å². The Morgan fingerprint density at radius 2 is 0.867 bits per heavy atom. The highest BCUT2D eigenvalue weighted by Crippen LogP contribution is 2.37. The Kier molecular flexibility index (Phi) is 5.03. The minimum absolute atomic E-state index is 0.354. The number of cyclic esters (lactones) is 4. The summed E-state index contributed by atoms with van der Waals surface area (Å²) >= 11 is 0. The van der Waals surface area contributed by atoms with Gasteiger partial charge in [-0.25, -0.2) is 19.2 Å². The van der Waals surface area contributed by atoms with E-state index >= 15 is 0 Å². The van der Waals surface area contributed by atoms with Crippen molar-refractivity contribution in [1.82, 2.24) is 0 Å². The second-order valence-electron chi connectivity index (χ2n) is 8.77. The maximum Gasteiger partial charge on any atom is 0.349 e. The first-order chi connectivity index (χ1) is 13.7. The molecular weight excluding hydrogens is 396 g/mol. The molecule has 0 aliphatic carbocycles. The van der Waals surface area contributed by atoms with E-state index in [0.29, 0.717) is 25.7 Å². The molecule has 4 rings (SSSR count). The minimum Gasteiger partial charge on any atom is -0.421 e. The average molecular weight is 422 g/mol. The number of esters is 4. The van der Waals surface area contributed by atoms with E-state index in [1.54, 1.807) is 13.8 Å². The number of carbonyl (C=O) groups excluding carboxylic acids is 4. The maximum atomic E-state index is 11.8. The van der Waals surface area contributed by atoms with Gasteiger partial charge in [-0.1, -0.05) is 0 Å². The van der Waals surface area contributed by atoms with Crippen LogP contribution in [-0.2, 0) is 38.1 Å². The summed E-state index contributed by atoms with van der Waals surface area (Å²) in [5.74, 6) is -4.74. The number of ether oxygens (including phenoxy) is 4. The van der Waals surface area contributed by atoms with Crippen molar-refractivity contribution in [1.29, 1.82) is 0 Å². The van der Waals surface area contributed by atoms with Gasteiger partial charge in [-0.05, 0) is 39.5 Å². The Hall–Kier alpha value is -2.78. The van der Waals surface area contributed by atoms with Gasteiger partial charge in [-0.2, -0.15) is 0 Å². The Morgan fingerprint density at radius 1 is 0.600 bits per heavy atom. The van der Waals surface area contributed by atoms with Crippen LogP contribution in [0, 0.1) is 0 Å². The molecule has 0 unspecified atom stereocenters. The summed E-state index contributed by atoms with van der Waals surface area (Å²) in [5, 5.41) is 0. The predicted octanol–water partition coefficient (Wildman–Crippen LogP) is 1.63. The molecule has 4 aliphatic rings. The molecular formula is C20H26N2O8. The van der Waals surface area contributed by atoms with E-state index in [4.69, 9.17) is 18.9 Å². The van der Waals surface area contributed by atoms with E-state index in [1.807, 2.05) is 0 Å². The van der Waals surface area contributed by atoms with Crippen molar-refractivity contribution < 1.29 is 38.1 Å². The quantitative estimate of drug-likeness (QED) is 0.425. The molecule has 0 atom stereocenters. The predicted molar refractivity (Wildman–Crippen MR) is 103 cm³/mol. The molecule has 4 aliphatic heterocycles. The van der Waals surface area contributed by atoms with Gasteiger partial charge in [0.15, 0.2) is 0 Å². The molecule has 2 fully saturated rings. The van der Waals surface area contributed by atoms with E-state index in [1.165, 1.54) is 27.7 Å². The lowest BCUT2D eigenvalue weighted by molar-refractivity contribution is -0.243. The van der Waals surface area contributed by atoms with Crippen molar-refractivity contribution >= 4 is 35.3 Å². The zero-order chi connectivity index (χ0) is 22.5. The first kappa shape index (κ1) is 21.9. The minimum atomic E-state index is -1.42. The average Bonchev–Trinajstić information content (AvgIpc) is 3.16. The zero-order valence-corrected chi connectivity index (χ0v) is 18.0. The molecule has 10 nitrogen and oxygen atoms in total. The van der Waals surface area contributed by atoms with Gasteiger partial charge in [-0.3, -0.25) is 9.98 Å². The van der Waals surface area contributed by atoms with E-state index in [0.717, 1.165) is 11.4 Å². The number of nitrogens with zero attached hydrogens (tertiary/aromatic N) is 2. The molecule has 0 amide bonds. The molecule has 0 N–H and O–H groups in total. The molecule has 0 saturated carbocycles. The Bertz CT molecular complexity index is 771. The Balaban J connectivity index is 0.000000171. The van der Waals surface area contributed by atoms with E-state index < -0.39 is 46.5 Å². The van der Waals surface area contributed by atoms with Crippen LogP contribution in [0.5, 0.6) is 0 Å². The highest BCUT2D eigenvalue weighted by Gasteiger charge is 2.59. The Morgan fingerprint density at radius 3 is 1.07 bits per heavy atom. The van der Waals surface area contributed by atoms with Crippen LogP contribution >= 0.6 is 0 Å². The SMILES string of the molecule is CC1=NC2(CC1)C(=O)OC(C)(C)OC2=O.CC1=NC2(CC1)C(=O)OC(C)(C)OC2=O. The second kappa shape index (κ2) is 6.88. The third kappa shape index (κ3) is 3.70. The van der Waals surface area contributed by atoms with Gasteiger partial charge >= 0.3 is 23.9 Å². The summed E-state index contributed by atoms with van der Waals surface area (Å²) in [6.45, 7) is 9.69. The summed E-state index contributed by atoms with van der Waals surface area (Å²) in [5.41, 5.74) is -1.27. The van der Waals surface area contributed by atoms with Crippen LogP contribution in [-0.4, -0.2) is 58.0 Å². The molecule has 0 aromatic carbocycles. The van der Waals surface area contributed by atoms with Gasteiger partial charge in [-0.15, -0.1) is 0 Å². The monoisotopic (exact) mass is 422 g/mol. The molecule has 0 radical (unpaired) electrons. The van der Waals surface area contributed by atoms with Crippen molar-refractivity contribution in [3.63, 3.8) is 0 Å². The molecule has 164 valence electrons. The second-order valence-corrected chi connectivity index (χ2v) is 8.77. The van der Waals surface area contributed by atoms with Gasteiger partial charge in [0.05, 0.1) is 0 Å². The number of aliphatic imine (C=N–C) groups is 2. The molecule has 0 aromatic heterocycles. The smallest absolute Gasteiger partial charge is 0.349 e. The molecule has 0 aromatic rings. The van der Waals surface area contributed by atoms with E-state index in [2.05, 4.69) is 9.98 Å². The van der Waals surface area contributed by atoms with Crippen LogP contribution < -0.4 is 0 Å². The molecule has 2 saturated heterocycles. The lowest BCUT2D eigenvalue weighted by atomic mass is 9.95. The van der Waals surface area contributed by atoms with E-state index in [-0.39, 0.29) is 0 Å². The highest BCUT2D eigenvalue weighted by molar-refractivity contribution is 6.11. The van der Waals surface area contributed by atoms with Crippen molar-refractivity contribution in [3.05, 3.63) is 0 Å². The van der Waals surface area contributed by atoms with E-state index in [9.17, 15) is 19.2 Å². The zero-order valence-electron chi connectivity index (χ0n) is 18.0.